The van der Waals surface area contributed by atoms with Gasteiger partial charge in [0.2, 0.25) is 0 Å². The lowest BCUT2D eigenvalue weighted by atomic mass is 10.1. The number of aryl methyl sites for hydroxylation is 1. The lowest BCUT2D eigenvalue weighted by Gasteiger charge is -2.15. The summed E-state index contributed by atoms with van der Waals surface area (Å²) in [5, 5.41) is 6.18. The van der Waals surface area contributed by atoms with Crippen LogP contribution in [0.5, 0.6) is 0 Å². The molecule has 1 nitrogen and oxygen atoms in total. The van der Waals surface area contributed by atoms with Crippen LogP contribution in [0.2, 0.25) is 0 Å². The molecule has 0 spiro atoms. The topological polar surface area (TPSA) is 12.0 Å². The SMILES string of the molecule is Cc1ccc(CC(C)Nc2ccc3ccccc3c2)s1. The molecule has 1 heterocycles. The molecule has 1 N–H and O–H groups in total. The molecule has 0 saturated carbocycles. The van der Waals surface area contributed by atoms with Crippen molar-refractivity contribution in [1.82, 2.24) is 0 Å². The Morgan fingerprint density at radius 1 is 1.00 bits per heavy atom. The van der Waals surface area contributed by atoms with Gasteiger partial charge in [-0.2, -0.15) is 0 Å². The summed E-state index contributed by atoms with van der Waals surface area (Å²) in [7, 11) is 0. The van der Waals surface area contributed by atoms with E-state index in [1.165, 1.54) is 26.2 Å². The average Bonchev–Trinajstić information content (AvgIpc) is 2.83. The molecule has 2 heteroatoms. The van der Waals surface area contributed by atoms with Gasteiger partial charge in [0.25, 0.3) is 0 Å². The first-order valence-electron chi connectivity index (χ1n) is 7.01. The summed E-state index contributed by atoms with van der Waals surface area (Å²) >= 11 is 1.89. The van der Waals surface area contributed by atoms with Crippen LogP contribution in [-0.4, -0.2) is 6.04 Å². The Hall–Kier alpha value is -1.80. The van der Waals surface area contributed by atoms with E-state index in [0.717, 1.165) is 6.42 Å². The first-order valence-corrected chi connectivity index (χ1v) is 7.83. The number of rotatable bonds is 4. The maximum Gasteiger partial charge on any atom is 0.0348 e. The van der Waals surface area contributed by atoms with E-state index in [0.29, 0.717) is 6.04 Å². The second-order valence-corrected chi connectivity index (χ2v) is 6.70. The van der Waals surface area contributed by atoms with Crippen LogP contribution in [0.3, 0.4) is 0 Å². The summed E-state index contributed by atoms with van der Waals surface area (Å²) in [6, 6.07) is 19.9. The van der Waals surface area contributed by atoms with Gasteiger partial charge in [-0.05, 0) is 48.9 Å². The van der Waals surface area contributed by atoms with E-state index in [9.17, 15) is 0 Å². The molecule has 3 aromatic rings. The number of hydrogen-bond donors (Lipinski definition) is 1. The van der Waals surface area contributed by atoms with Gasteiger partial charge < -0.3 is 5.32 Å². The highest BCUT2D eigenvalue weighted by Crippen LogP contribution is 2.21. The van der Waals surface area contributed by atoms with Crippen LogP contribution < -0.4 is 5.32 Å². The van der Waals surface area contributed by atoms with Crippen molar-refractivity contribution in [2.45, 2.75) is 26.3 Å². The van der Waals surface area contributed by atoms with Crippen LogP contribution in [-0.2, 0) is 6.42 Å². The van der Waals surface area contributed by atoms with Crippen molar-refractivity contribution in [2.24, 2.45) is 0 Å². The molecule has 0 saturated heterocycles. The molecule has 0 aliphatic rings. The highest BCUT2D eigenvalue weighted by molar-refractivity contribution is 7.11. The first kappa shape index (κ1) is 13.2. The standard InChI is InChI=1S/C18H19NS/c1-13(11-18-10-7-14(2)20-18)19-17-9-8-15-5-3-4-6-16(15)12-17/h3-10,12-13,19H,11H2,1-2H3. The number of benzene rings is 2. The number of nitrogens with one attached hydrogen (secondary N) is 1. The van der Waals surface area contributed by atoms with E-state index >= 15 is 0 Å². The van der Waals surface area contributed by atoms with Crippen LogP contribution >= 0.6 is 11.3 Å². The first-order chi connectivity index (χ1) is 9.70. The van der Waals surface area contributed by atoms with Crippen LogP contribution in [0.25, 0.3) is 10.8 Å². The smallest absolute Gasteiger partial charge is 0.0348 e. The van der Waals surface area contributed by atoms with Gasteiger partial charge in [0, 0.05) is 27.9 Å². The molecule has 102 valence electrons. The zero-order chi connectivity index (χ0) is 13.9. The predicted molar refractivity (Wildman–Crippen MR) is 89.8 cm³/mol. The van der Waals surface area contributed by atoms with Crippen molar-refractivity contribution in [3.8, 4) is 0 Å². The van der Waals surface area contributed by atoms with E-state index in [4.69, 9.17) is 0 Å². The Labute approximate surface area is 124 Å². The maximum absolute atomic E-state index is 3.60. The molecular formula is C18H19NS. The van der Waals surface area contributed by atoms with Gasteiger partial charge in [-0.25, -0.2) is 0 Å². The Morgan fingerprint density at radius 3 is 2.55 bits per heavy atom. The highest BCUT2D eigenvalue weighted by atomic mass is 32.1. The molecule has 1 aromatic heterocycles. The van der Waals surface area contributed by atoms with Gasteiger partial charge >= 0.3 is 0 Å². The number of hydrogen-bond acceptors (Lipinski definition) is 2. The predicted octanol–water partition coefficient (Wildman–Crippen LogP) is 5.25. The molecule has 2 aromatic carbocycles. The summed E-state index contributed by atoms with van der Waals surface area (Å²) in [4.78, 5) is 2.83. The van der Waals surface area contributed by atoms with E-state index in [-0.39, 0.29) is 0 Å². The summed E-state index contributed by atoms with van der Waals surface area (Å²) in [6.07, 6.45) is 1.07. The van der Waals surface area contributed by atoms with Crippen LogP contribution in [0.4, 0.5) is 5.69 Å². The molecular weight excluding hydrogens is 262 g/mol. The lowest BCUT2D eigenvalue weighted by molar-refractivity contribution is 0.801. The number of thiophene rings is 1. The van der Waals surface area contributed by atoms with Crippen LogP contribution in [0.1, 0.15) is 16.7 Å². The number of anilines is 1. The maximum atomic E-state index is 3.60. The van der Waals surface area contributed by atoms with E-state index < -0.39 is 0 Å². The minimum Gasteiger partial charge on any atom is -0.382 e. The minimum absolute atomic E-state index is 0.439. The molecule has 0 aliphatic carbocycles. The second-order valence-electron chi connectivity index (χ2n) is 5.32. The molecule has 0 radical (unpaired) electrons. The molecule has 0 fully saturated rings. The normalized spacial score (nSPS) is 12.5. The molecule has 3 rings (SSSR count). The van der Waals surface area contributed by atoms with Crippen LogP contribution in [0.15, 0.2) is 54.6 Å². The van der Waals surface area contributed by atoms with Gasteiger partial charge in [0.1, 0.15) is 0 Å². The molecule has 20 heavy (non-hydrogen) atoms. The minimum atomic E-state index is 0.439. The van der Waals surface area contributed by atoms with Crippen molar-refractivity contribution in [3.63, 3.8) is 0 Å². The Kier molecular flexibility index (Phi) is 3.75. The average molecular weight is 281 g/mol. The second kappa shape index (κ2) is 5.68. The van der Waals surface area contributed by atoms with Crippen molar-refractivity contribution in [2.75, 3.05) is 5.32 Å². The zero-order valence-electron chi connectivity index (χ0n) is 11.9. The van der Waals surface area contributed by atoms with Gasteiger partial charge in [0.15, 0.2) is 0 Å². The van der Waals surface area contributed by atoms with Crippen molar-refractivity contribution in [3.05, 3.63) is 64.4 Å². The van der Waals surface area contributed by atoms with Gasteiger partial charge in [-0.15, -0.1) is 11.3 Å². The fraction of sp³-hybridized carbons (Fsp3) is 0.222. The summed E-state index contributed by atoms with van der Waals surface area (Å²) in [5.41, 5.74) is 1.20. The zero-order valence-corrected chi connectivity index (χ0v) is 12.7. The van der Waals surface area contributed by atoms with E-state index in [1.807, 2.05) is 11.3 Å². The van der Waals surface area contributed by atoms with Crippen molar-refractivity contribution >= 4 is 27.8 Å². The fourth-order valence-electron chi connectivity index (χ4n) is 2.51. The third-order valence-electron chi connectivity index (χ3n) is 3.47. The van der Waals surface area contributed by atoms with E-state index in [2.05, 4.69) is 73.8 Å². The third kappa shape index (κ3) is 3.02. The van der Waals surface area contributed by atoms with Gasteiger partial charge in [0.05, 0.1) is 0 Å². The summed E-state index contributed by atoms with van der Waals surface area (Å²) in [6.45, 7) is 4.40. The molecule has 1 atom stereocenters. The summed E-state index contributed by atoms with van der Waals surface area (Å²) < 4.78 is 0. The Bertz CT molecular complexity index is 714. The molecule has 0 aliphatic heterocycles. The fourth-order valence-corrected chi connectivity index (χ4v) is 3.53. The van der Waals surface area contributed by atoms with E-state index in [1.54, 1.807) is 0 Å². The lowest BCUT2D eigenvalue weighted by Crippen LogP contribution is -2.17. The molecule has 1 unspecified atom stereocenters. The Balaban J connectivity index is 1.72. The summed E-state index contributed by atoms with van der Waals surface area (Å²) in [5.74, 6) is 0. The van der Waals surface area contributed by atoms with Crippen LogP contribution in [0, 0.1) is 6.92 Å². The quantitative estimate of drug-likeness (QED) is 0.688. The molecule has 0 amide bonds. The monoisotopic (exact) mass is 281 g/mol. The van der Waals surface area contributed by atoms with Crippen molar-refractivity contribution in [1.29, 1.82) is 0 Å². The van der Waals surface area contributed by atoms with Gasteiger partial charge in [-0.3, -0.25) is 0 Å². The van der Waals surface area contributed by atoms with Crippen molar-refractivity contribution < 1.29 is 0 Å². The van der Waals surface area contributed by atoms with Gasteiger partial charge in [-0.1, -0.05) is 30.3 Å². The third-order valence-corrected chi connectivity index (χ3v) is 4.49. The largest absolute Gasteiger partial charge is 0.382 e. The highest BCUT2D eigenvalue weighted by Gasteiger charge is 2.06. The molecule has 0 bridgehead atoms. The Morgan fingerprint density at radius 2 is 1.80 bits per heavy atom. The number of fused-ring (bicyclic) bond motifs is 1.